The van der Waals surface area contributed by atoms with Crippen LogP contribution in [0.5, 0.6) is 5.75 Å². The maximum atomic E-state index is 12.7. The van der Waals surface area contributed by atoms with Crippen molar-refractivity contribution in [1.82, 2.24) is 4.90 Å². The average molecular weight is 412 g/mol. The largest absolute Gasteiger partial charge is 0.496 e. The molecular formula is C16H14BrNO3S2. The van der Waals surface area contributed by atoms with Crippen LogP contribution in [0.25, 0.3) is 0 Å². The Morgan fingerprint density at radius 2 is 2.26 bits per heavy atom. The summed E-state index contributed by atoms with van der Waals surface area (Å²) in [4.78, 5) is 14.3. The van der Waals surface area contributed by atoms with Gasteiger partial charge in [0.2, 0.25) is 5.91 Å². The fourth-order valence-corrected chi connectivity index (χ4v) is 4.36. The number of thiocarbonyl (C=S) groups is 1. The van der Waals surface area contributed by atoms with Crippen LogP contribution in [0.1, 0.15) is 11.3 Å². The molecule has 4 nitrogen and oxygen atoms in total. The predicted octanol–water partition coefficient (Wildman–Crippen LogP) is 4.02. The van der Waals surface area contributed by atoms with Crippen molar-refractivity contribution in [3.05, 3.63) is 52.4 Å². The number of ether oxygens (including phenoxy) is 1. The van der Waals surface area contributed by atoms with Crippen LogP contribution in [-0.2, 0) is 17.8 Å². The smallest absolute Gasteiger partial charge is 0.242 e. The van der Waals surface area contributed by atoms with Gasteiger partial charge in [-0.15, -0.1) is 0 Å². The van der Waals surface area contributed by atoms with E-state index in [2.05, 4.69) is 15.9 Å². The topological polar surface area (TPSA) is 42.7 Å². The first kappa shape index (κ1) is 16.5. The first-order valence-electron chi connectivity index (χ1n) is 6.95. The summed E-state index contributed by atoms with van der Waals surface area (Å²) in [6.07, 6.45) is 2.16. The first-order valence-corrected chi connectivity index (χ1v) is 9.03. The second-order valence-electron chi connectivity index (χ2n) is 5.04. The molecule has 2 aromatic rings. The van der Waals surface area contributed by atoms with Gasteiger partial charge in [0.1, 0.15) is 15.8 Å². The fourth-order valence-electron chi connectivity index (χ4n) is 2.44. The molecule has 1 aromatic carbocycles. The summed E-state index contributed by atoms with van der Waals surface area (Å²) in [6, 6.07) is 9.42. The summed E-state index contributed by atoms with van der Waals surface area (Å²) in [5.41, 5.74) is 0.982. The third-order valence-electron chi connectivity index (χ3n) is 3.55. The molecule has 0 saturated carbocycles. The number of halogens is 1. The SMILES string of the molecule is COc1ccc(Br)cc1C[C@H]1SC(=S)N(Cc2ccco2)C1=O. The molecule has 1 amide bonds. The van der Waals surface area contributed by atoms with Crippen molar-refractivity contribution in [1.29, 1.82) is 0 Å². The second kappa shape index (κ2) is 7.07. The Morgan fingerprint density at radius 1 is 1.43 bits per heavy atom. The van der Waals surface area contributed by atoms with Crippen molar-refractivity contribution in [3.63, 3.8) is 0 Å². The normalized spacial score (nSPS) is 17.8. The molecule has 0 unspecified atom stereocenters. The molecule has 23 heavy (non-hydrogen) atoms. The van der Waals surface area contributed by atoms with Gasteiger partial charge in [-0.25, -0.2) is 0 Å². The molecule has 7 heteroatoms. The van der Waals surface area contributed by atoms with Gasteiger partial charge >= 0.3 is 0 Å². The van der Waals surface area contributed by atoms with Gasteiger partial charge in [-0.2, -0.15) is 0 Å². The number of amides is 1. The van der Waals surface area contributed by atoms with E-state index in [9.17, 15) is 4.79 Å². The highest BCUT2D eigenvalue weighted by Crippen LogP contribution is 2.34. The van der Waals surface area contributed by atoms with E-state index in [4.69, 9.17) is 21.4 Å². The number of rotatable bonds is 5. The minimum absolute atomic E-state index is 0.0124. The monoisotopic (exact) mass is 411 g/mol. The quantitative estimate of drug-likeness (QED) is 0.694. The molecule has 0 bridgehead atoms. The van der Waals surface area contributed by atoms with Crippen molar-refractivity contribution in [2.24, 2.45) is 0 Å². The lowest BCUT2D eigenvalue weighted by atomic mass is 10.1. The number of carbonyl (C=O) groups is 1. The highest BCUT2D eigenvalue weighted by molar-refractivity contribution is 9.10. The van der Waals surface area contributed by atoms with Gasteiger partial charge in [0.05, 0.1) is 25.2 Å². The molecule has 1 atom stereocenters. The zero-order valence-corrected chi connectivity index (χ0v) is 15.5. The molecule has 120 valence electrons. The van der Waals surface area contributed by atoms with Crippen molar-refractivity contribution in [2.45, 2.75) is 18.2 Å². The van der Waals surface area contributed by atoms with Crippen molar-refractivity contribution in [3.8, 4) is 5.75 Å². The van der Waals surface area contributed by atoms with Crippen molar-refractivity contribution >= 4 is 50.1 Å². The maximum absolute atomic E-state index is 12.7. The number of methoxy groups -OCH3 is 1. The molecule has 1 aliphatic heterocycles. The minimum Gasteiger partial charge on any atom is -0.496 e. The summed E-state index contributed by atoms with van der Waals surface area (Å²) in [5.74, 6) is 1.51. The van der Waals surface area contributed by atoms with Crippen molar-refractivity contribution in [2.75, 3.05) is 7.11 Å². The number of hydrogen-bond donors (Lipinski definition) is 0. The van der Waals surface area contributed by atoms with E-state index < -0.39 is 0 Å². The molecule has 0 aliphatic carbocycles. The second-order valence-corrected chi connectivity index (χ2v) is 7.79. The summed E-state index contributed by atoms with van der Waals surface area (Å²) in [5, 5.41) is -0.235. The summed E-state index contributed by atoms with van der Waals surface area (Å²) >= 11 is 10.2. The Morgan fingerprint density at radius 3 is 2.96 bits per heavy atom. The third kappa shape index (κ3) is 3.62. The highest BCUT2D eigenvalue weighted by atomic mass is 79.9. The van der Waals surface area contributed by atoms with Gasteiger partial charge in [0, 0.05) is 4.47 Å². The lowest BCUT2D eigenvalue weighted by Crippen LogP contribution is -2.31. The van der Waals surface area contributed by atoms with E-state index in [-0.39, 0.29) is 11.2 Å². The first-order chi connectivity index (χ1) is 11.1. The Hall–Kier alpha value is -1.31. The molecule has 1 saturated heterocycles. The van der Waals surface area contributed by atoms with E-state index in [0.29, 0.717) is 17.3 Å². The Bertz CT molecular complexity index is 733. The number of carbonyl (C=O) groups excluding carboxylic acids is 1. The maximum Gasteiger partial charge on any atom is 0.242 e. The number of thioether (sulfide) groups is 1. The van der Waals surface area contributed by atoms with Gasteiger partial charge < -0.3 is 9.15 Å². The predicted molar refractivity (Wildman–Crippen MR) is 97.6 cm³/mol. The molecule has 2 heterocycles. The van der Waals surface area contributed by atoms with Gasteiger partial charge in [0.25, 0.3) is 0 Å². The zero-order chi connectivity index (χ0) is 16.4. The van der Waals surface area contributed by atoms with Crippen LogP contribution in [0, 0.1) is 0 Å². The van der Waals surface area contributed by atoms with Gasteiger partial charge in [-0.05, 0) is 42.3 Å². The Balaban J connectivity index is 1.76. The lowest BCUT2D eigenvalue weighted by molar-refractivity contribution is -0.126. The minimum atomic E-state index is -0.235. The Kier molecular flexibility index (Phi) is 5.08. The Labute approximate surface area is 152 Å². The van der Waals surface area contributed by atoms with Crippen LogP contribution in [0.4, 0.5) is 0 Å². The van der Waals surface area contributed by atoms with Gasteiger partial charge in [0.15, 0.2) is 0 Å². The molecule has 0 N–H and O–H groups in total. The van der Waals surface area contributed by atoms with E-state index >= 15 is 0 Å². The average Bonchev–Trinajstić information content (AvgIpc) is 3.12. The number of hydrogen-bond acceptors (Lipinski definition) is 5. The summed E-state index contributed by atoms with van der Waals surface area (Å²) in [7, 11) is 1.63. The molecule has 0 radical (unpaired) electrons. The molecule has 3 rings (SSSR count). The van der Waals surface area contributed by atoms with Gasteiger partial charge in [-0.3, -0.25) is 9.69 Å². The number of furan rings is 1. The van der Waals surface area contributed by atoms with Crippen LogP contribution in [-0.4, -0.2) is 27.5 Å². The highest BCUT2D eigenvalue weighted by Gasteiger charge is 2.37. The number of benzene rings is 1. The lowest BCUT2D eigenvalue weighted by Gasteiger charge is -2.14. The van der Waals surface area contributed by atoms with Crippen LogP contribution in [0.2, 0.25) is 0 Å². The zero-order valence-electron chi connectivity index (χ0n) is 12.3. The third-order valence-corrected chi connectivity index (χ3v) is 5.62. The van der Waals surface area contributed by atoms with E-state index in [1.165, 1.54) is 11.8 Å². The fraction of sp³-hybridized carbons (Fsp3) is 0.250. The van der Waals surface area contributed by atoms with Crippen LogP contribution >= 0.6 is 39.9 Å². The van der Waals surface area contributed by atoms with E-state index in [0.717, 1.165) is 21.5 Å². The molecule has 1 fully saturated rings. The van der Waals surface area contributed by atoms with E-state index in [1.54, 1.807) is 24.3 Å². The van der Waals surface area contributed by atoms with Gasteiger partial charge in [-0.1, -0.05) is 39.9 Å². The molecular weight excluding hydrogens is 398 g/mol. The standard InChI is InChI=1S/C16H14BrNO3S2/c1-20-13-5-4-11(17)7-10(13)8-14-15(19)18(16(22)23-14)9-12-3-2-6-21-12/h2-7,14H,8-9H2,1H3/t14-/m1/s1. The van der Waals surface area contributed by atoms with Crippen LogP contribution in [0.15, 0.2) is 45.5 Å². The summed E-state index contributed by atoms with van der Waals surface area (Å²) < 4.78 is 12.2. The van der Waals surface area contributed by atoms with E-state index in [1.807, 2.05) is 24.3 Å². The molecule has 0 spiro atoms. The van der Waals surface area contributed by atoms with Crippen LogP contribution < -0.4 is 4.74 Å². The molecule has 1 aliphatic rings. The van der Waals surface area contributed by atoms with Crippen molar-refractivity contribution < 1.29 is 13.9 Å². The summed E-state index contributed by atoms with van der Waals surface area (Å²) in [6.45, 7) is 0.379. The van der Waals surface area contributed by atoms with Crippen LogP contribution in [0.3, 0.4) is 0 Å². The number of nitrogens with zero attached hydrogens (tertiary/aromatic N) is 1. The molecule has 1 aromatic heterocycles.